The number of aromatic nitrogens is 2. The van der Waals surface area contributed by atoms with E-state index in [-0.39, 0.29) is 17.3 Å². The molecule has 0 atom stereocenters. The summed E-state index contributed by atoms with van der Waals surface area (Å²) in [5.74, 6) is 0.233. The lowest BCUT2D eigenvalue weighted by atomic mass is 9.94. The van der Waals surface area contributed by atoms with Gasteiger partial charge in [0, 0.05) is 83.0 Å². The predicted octanol–water partition coefficient (Wildman–Crippen LogP) is 3.46. The number of carbonyl (C=O) groups is 2. The summed E-state index contributed by atoms with van der Waals surface area (Å²) in [7, 11) is 5.45. The smallest absolute Gasteiger partial charge is 0.269 e. The maximum absolute atomic E-state index is 16.0. The molecule has 0 unspecified atom stereocenters. The second-order valence-electron chi connectivity index (χ2n) is 10.1. The molecule has 8 nitrogen and oxygen atoms in total. The van der Waals surface area contributed by atoms with Crippen LogP contribution in [0, 0.1) is 5.82 Å². The number of benzene rings is 1. The number of pyridine rings is 1. The largest absolute Gasteiger partial charge is 0.354 e. The number of hydrogen-bond acceptors (Lipinski definition) is 5. The Morgan fingerprint density at radius 3 is 2.46 bits per heavy atom. The minimum Gasteiger partial charge on any atom is -0.354 e. The zero-order chi connectivity index (χ0) is 26.3. The number of aromatic amines is 1. The Balaban J connectivity index is 1.60. The van der Waals surface area contributed by atoms with Crippen LogP contribution in [0.1, 0.15) is 29.4 Å². The quantitative estimate of drug-likeness (QED) is 0.589. The van der Waals surface area contributed by atoms with Crippen molar-refractivity contribution < 1.29 is 14.0 Å². The molecule has 2 aromatic heterocycles. The van der Waals surface area contributed by atoms with Crippen molar-refractivity contribution in [3.05, 3.63) is 53.6 Å². The van der Waals surface area contributed by atoms with Gasteiger partial charge in [-0.05, 0) is 48.9 Å². The lowest BCUT2D eigenvalue weighted by Crippen LogP contribution is -2.44. The number of H-pyrrole nitrogens is 1. The minimum atomic E-state index is -0.421. The maximum atomic E-state index is 16.0. The van der Waals surface area contributed by atoms with Gasteiger partial charge in [0.2, 0.25) is 5.91 Å². The zero-order valence-corrected chi connectivity index (χ0v) is 21.8. The van der Waals surface area contributed by atoms with E-state index < -0.39 is 5.82 Å². The average Bonchev–Trinajstić information content (AvgIpc) is 3.35. The number of carbonyl (C=O) groups excluding carboxylic acids is 2. The molecule has 9 heteroatoms. The van der Waals surface area contributed by atoms with E-state index in [9.17, 15) is 9.59 Å². The normalized spacial score (nSPS) is 16.7. The number of nitrogens with zero attached hydrogens (tertiary/aromatic N) is 5. The molecule has 1 aromatic carbocycles. The Bertz CT molecular complexity index is 1370. The van der Waals surface area contributed by atoms with Gasteiger partial charge < -0.3 is 24.6 Å². The number of hydrogen-bond donors (Lipinski definition) is 1. The van der Waals surface area contributed by atoms with Crippen molar-refractivity contribution in [3.63, 3.8) is 0 Å². The van der Waals surface area contributed by atoms with Crippen LogP contribution in [0.3, 0.4) is 0 Å². The monoisotopic (exact) mass is 504 g/mol. The van der Waals surface area contributed by atoms with E-state index in [1.807, 2.05) is 30.5 Å². The first-order valence-corrected chi connectivity index (χ1v) is 12.6. The van der Waals surface area contributed by atoms with Crippen molar-refractivity contribution in [2.75, 3.05) is 65.3 Å². The zero-order valence-electron chi connectivity index (χ0n) is 21.8. The van der Waals surface area contributed by atoms with Gasteiger partial charge in [0.25, 0.3) is 5.91 Å². The number of rotatable bonds is 4. The summed E-state index contributed by atoms with van der Waals surface area (Å²) in [4.78, 5) is 40.3. The molecule has 4 heterocycles. The van der Waals surface area contributed by atoms with E-state index in [4.69, 9.17) is 4.98 Å². The van der Waals surface area contributed by atoms with Crippen LogP contribution in [-0.4, -0.2) is 96.9 Å². The molecule has 2 aliphatic rings. The molecule has 3 aromatic rings. The summed E-state index contributed by atoms with van der Waals surface area (Å²) < 4.78 is 16.0. The van der Waals surface area contributed by atoms with Gasteiger partial charge >= 0.3 is 0 Å². The van der Waals surface area contributed by atoms with Crippen LogP contribution in [0.2, 0.25) is 0 Å². The predicted molar refractivity (Wildman–Crippen MR) is 144 cm³/mol. The van der Waals surface area contributed by atoms with Gasteiger partial charge in [-0.15, -0.1) is 0 Å². The van der Waals surface area contributed by atoms with Gasteiger partial charge in [-0.2, -0.15) is 0 Å². The van der Waals surface area contributed by atoms with Crippen LogP contribution >= 0.6 is 0 Å². The van der Waals surface area contributed by atoms with Crippen molar-refractivity contribution in [1.29, 1.82) is 0 Å². The van der Waals surface area contributed by atoms with E-state index >= 15 is 4.39 Å². The number of likely N-dealkylation sites (N-methyl/N-ethyl adjacent to an activating group) is 1. The van der Waals surface area contributed by atoms with Crippen molar-refractivity contribution in [2.45, 2.75) is 13.3 Å². The summed E-state index contributed by atoms with van der Waals surface area (Å²) in [5.41, 5.74) is 3.43. The number of amides is 2. The topological polar surface area (TPSA) is 75.8 Å². The minimum absolute atomic E-state index is 0.0326. The molecule has 0 radical (unpaired) electrons. The van der Waals surface area contributed by atoms with Crippen molar-refractivity contribution >= 4 is 34.1 Å². The number of piperazine rings is 1. The van der Waals surface area contributed by atoms with Gasteiger partial charge in [-0.1, -0.05) is 6.08 Å². The fraction of sp³-hybridized carbons (Fsp3) is 0.393. The van der Waals surface area contributed by atoms with Crippen LogP contribution in [0.25, 0.3) is 27.6 Å². The number of halogens is 1. The molecule has 0 saturated carbocycles. The summed E-state index contributed by atoms with van der Waals surface area (Å²) in [6.07, 6.45) is 4.48. The molecule has 1 saturated heterocycles. The molecule has 37 heavy (non-hydrogen) atoms. The molecule has 0 bridgehead atoms. The molecular formula is C28H33FN6O2. The maximum Gasteiger partial charge on any atom is 0.269 e. The first kappa shape index (κ1) is 25.0. The summed E-state index contributed by atoms with van der Waals surface area (Å²) in [6.45, 7) is 6.32. The Kier molecular flexibility index (Phi) is 6.72. The highest BCUT2D eigenvalue weighted by Gasteiger charge is 2.24. The van der Waals surface area contributed by atoms with E-state index in [1.54, 1.807) is 25.1 Å². The average molecular weight is 505 g/mol. The lowest BCUT2D eigenvalue weighted by Gasteiger charge is -2.33. The molecule has 2 amide bonds. The van der Waals surface area contributed by atoms with Crippen LogP contribution in [0.5, 0.6) is 0 Å². The Labute approximate surface area is 216 Å². The molecule has 1 N–H and O–H groups in total. The van der Waals surface area contributed by atoms with Gasteiger partial charge in [0.1, 0.15) is 11.5 Å². The number of fused-ring (bicyclic) bond motifs is 1. The molecule has 1 fully saturated rings. The molecule has 194 valence electrons. The van der Waals surface area contributed by atoms with Gasteiger partial charge in [-0.3, -0.25) is 9.59 Å². The molecule has 0 spiro atoms. The van der Waals surface area contributed by atoms with Gasteiger partial charge in [0.05, 0.1) is 5.52 Å². The Morgan fingerprint density at radius 2 is 1.81 bits per heavy atom. The first-order chi connectivity index (χ1) is 17.7. The van der Waals surface area contributed by atoms with E-state index in [0.717, 1.165) is 48.7 Å². The molecular weight excluding hydrogens is 471 g/mol. The van der Waals surface area contributed by atoms with E-state index in [0.29, 0.717) is 36.2 Å². The van der Waals surface area contributed by atoms with E-state index in [1.165, 1.54) is 11.8 Å². The second-order valence-corrected chi connectivity index (χ2v) is 10.1. The second kappa shape index (κ2) is 9.97. The van der Waals surface area contributed by atoms with Crippen molar-refractivity contribution in [1.82, 2.24) is 24.7 Å². The van der Waals surface area contributed by atoms with Crippen LogP contribution in [-0.2, 0) is 4.79 Å². The fourth-order valence-corrected chi connectivity index (χ4v) is 5.06. The third-order valence-corrected chi connectivity index (χ3v) is 7.32. The highest BCUT2D eigenvalue weighted by Crippen LogP contribution is 2.37. The Hall–Kier alpha value is -3.72. The molecule has 0 aliphatic carbocycles. The van der Waals surface area contributed by atoms with Crippen molar-refractivity contribution in [3.8, 4) is 11.1 Å². The third-order valence-electron chi connectivity index (χ3n) is 7.32. The lowest BCUT2D eigenvalue weighted by molar-refractivity contribution is -0.128. The van der Waals surface area contributed by atoms with E-state index in [2.05, 4.69) is 21.8 Å². The number of anilines is 1. The van der Waals surface area contributed by atoms with Gasteiger partial charge in [-0.25, -0.2) is 9.37 Å². The first-order valence-electron chi connectivity index (χ1n) is 12.6. The Morgan fingerprint density at radius 1 is 1.05 bits per heavy atom. The summed E-state index contributed by atoms with van der Waals surface area (Å²) >= 11 is 0. The standard InChI is InChI=1S/C28H33FN6O2/c1-18(36)35-9-5-6-20(17-35)22-14-21(23-15-24(28(37)32(2)3)31-27(23)26(22)29)19-7-8-25(30-16-19)34-12-10-33(4)11-13-34/h6-8,14-16,31H,5,9-13,17H2,1-4H3. The van der Waals surface area contributed by atoms with Gasteiger partial charge in [0.15, 0.2) is 5.82 Å². The number of nitrogens with one attached hydrogen (secondary N) is 1. The van der Waals surface area contributed by atoms with Crippen molar-refractivity contribution in [2.24, 2.45) is 0 Å². The molecule has 5 rings (SSSR count). The van der Waals surface area contributed by atoms with Crippen LogP contribution in [0.4, 0.5) is 10.2 Å². The SMILES string of the molecule is CC(=O)N1CCC=C(c2cc(-c3ccc(N4CCN(C)CC4)nc3)c3cc(C(=O)N(C)C)[nH]c3c2F)C1. The van der Waals surface area contributed by atoms with Crippen LogP contribution in [0.15, 0.2) is 36.5 Å². The molecule has 2 aliphatic heterocycles. The van der Waals surface area contributed by atoms with Crippen LogP contribution < -0.4 is 4.90 Å². The summed E-state index contributed by atoms with van der Waals surface area (Å²) in [6, 6.07) is 7.56. The summed E-state index contributed by atoms with van der Waals surface area (Å²) in [5, 5.41) is 0.625. The third kappa shape index (κ3) is 4.83. The highest BCUT2D eigenvalue weighted by atomic mass is 19.1. The fourth-order valence-electron chi connectivity index (χ4n) is 5.06. The highest BCUT2D eigenvalue weighted by molar-refractivity contribution is 6.04.